The van der Waals surface area contributed by atoms with Gasteiger partial charge in [0, 0.05) is 5.41 Å². The van der Waals surface area contributed by atoms with E-state index in [1.54, 1.807) is 0 Å². The van der Waals surface area contributed by atoms with Crippen molar-refractivity contribution in [2.24, 2.45) is 11.3 Å². The smallest absolute Gasteiger partial charge is 0.0534 e. The van der Waals surface area contributed by atoms with Gasteiger partial charge in [0.2, 0.25) is 0 Å². The Morgan fingerprint density at radius 2 is 1.50 bits per heavy atom. The van der Waals surface area contributed by atoms with Crippen LogP contribution in [0.25, 0.3) is 0 Å². The summed E-state index contributed by atoms with van der Waals surface area (Å²) in [5.74, 6) is 0.211. The first kappa shape index (κ1) is 13.9. The molecule has 1 atom stereocenters. The predicted molar refractivity (Wildman–Crippen MR) is 57.0 cm³/mol. The highest BCUT2D eigenvalue weighted by molar-refractivity contribution is 4.84. The normalized spacial score (nSPS) is 14.4. The van der Waals surface area contributed by atoms with Crippen molar-refractivity contribution in [2.45, 2.75) is 39.5 Å². The van der Waals surface area contributed by atoms with Crippen molar-refractivity contribution < 1.29 is 15.3 Å². The Morgan fingerprint density at radius 3 is 1.79 bits per heavy atom. The van der Waals surface area contributed by atoms with Gasteiger partial charge in [-0.15, -0.1) is 0 Å². The Bertz CT molecular complexity index is 124. The first-order valence-corrected chi connectivity index (χ1v) is 5.53. The van der Waals surface area contributed by atoms with Gasteiger partial charge >= 0.3 is 0 Å². The molecule has 0 bridgehead atoms. The van der Waals surface area contributed by atoms with E-state index in [9.17, 15) is 15.3 Å². The van der Waals surface area contributed by atoms with E-state index in [0.717, 1.165) is 25.7 Å². The third kappa shape index (κ3) is 3.23. The molecule has 0 fully saturated rings. The summed E-state index contributed by atoms with van der Waals surface area (Å²) < 4.78 is 0. The molecule has 0 aliphatic carbocycles. The Morgan fingerprint density at radius 1 is 1.00 bits per heavy atom. The van der Waals surface area contributed by atoms with Gasteiger partial charge in [-0.05, 0) is 12.3 Å². The summed E-state index contributed by atoms with van der Waals surface area (Å²) in [5.41, 5.74) is -0.691. The van der Waals surface area contributed by atoms with Crippen molar-refractivity contribution in [3.63, 3.8) is 0 Å². The minimum Gasteiger partial charge on any atom is -0.396 e. The molecule has 0 amide bonds. The van der Waals surface area contributed by atoms with Gasteiger partial charge in [0.05, 0.1) is 19.8 Å². The van der Waals surface area contributed by atoms with Gasteiger partial charge in [-0.3, -0.25) is 0 Å². The van der Waals surface area contributed by atoms with Crippen molar-refractivity contribution >= 4 is 0 Å². The Balaban J connectivity index is 4.40. The molecule has 0 aromatic heterocycles. The molecule has 3 heteroatoms. The summed E-state index contributed by atoms with van der Waals surface area (Å²) in [6.45, 7) is 3.74. The number of hydrogen-bond acceptors (Lipinski definition) is 3. The van der Waals surface area contributed by atoms with Crippen LogP contribution in [0.5, 0.6) is 0 Å². The lowest BCUT2D eigenvalue weighted by Crippen LogP contribution is -2.41. The molecule has 0 heterocycles. The maximum atomic E-state index is 9.26. The van der Waals surface area contributed by atoms with Crippen LogP contribution in [0.2, 0.25) is 0 Å². The fraction of sp³-hybridized carbons (Fsp3) is 1.00. The zero-order chi connectivity index (χ0) is 11.0. The highest BCUT2D eigenvalue weighted by atomic mass is 16.3. The lowest BCUT2D eigenvalue weighted by molar-refractivity contribution is -0.0430. The van der Waals surface area contributed by atoms with Gasteiger partial charge in [-0.2, -0.15) is 0 Å². The van der Waals surface area contributed by atoms with Crippen LogP contribution in [-0.4, -0.2) is 35.1 Å². The Labute approximate surface area is 86.8 Å². The molecular weight excluding hydrogens is 180 g/mol. The molecule has 0 saturated heterocycles. The standard InChI is InChI=1S/C11H24O3/c1-3-5-6-10(4-2)11(7-12,8-13)9-14/h10,12-14H,3-9H2,1-2H3. The lowest BCUT2D eigenvalue weighted by atomic mass is 9.73. The van der Waals surface area contributed by atoms with Crippen molar-refractivity contribution in [3.8, 4) is 0 Å². The first-order chi connectivity index (χ1) is 6.70. The quantitative estimate of drug-likeness (QED) is 0.556. The zero-order valence-electron chi connectivity index (χ0n) is 9.37. The predicted octanol–water partition coefficient (Wildman–Crippen LogP) is 1.17. The van der Waals surface area contributed by atoms with Crippen molar-refractivity contribution in [2.75, 3.05) is 19.8 Å². The monoisotopic (exact) mass is 204 g/mol. The third-order valence-electron chi connectivity index (χ3n) is 3.21. The highest BCUT2D eigenvalue weighted by Crippen LogP contribution is 2.33. The molecule has 0 aliphatic heterocycles. The van der Waals surface area contributed by atoms with Crippen LogP contribution in [0.15, 0.2) is 0 Å². The summed E-state index contributed by atoms with van der Waals surface area (Å²) in [6, 6.07) is 0. The van der Waals surface area contributed by atoms with Crippen LogP contribution < -0.4 is 0 Å². The van der Waals surface area contributed by atoms with Crippen LogP contribution in [0, 0.1) is 11.3 Å². The molecule has 0 spiro atoms. The number of unbranched alkanes of at least 4 members (excludes halogenated alkanes) is 1. The van der Waals surface area contributed by atoms with E-state index >= 15 is 0 Å². The second-order valence-electron chi connectivity index (χ2n) is 4.08. The van der Waals surface area contributed by atoms with Gasteiger partial charge in [-0.1, -0.05) is 33.1 Å². The second-order valence-corrected chi connectivity index (χ2v) is 4.08. The summed E-state index contributed by atoms with van der Waals surface area (Å²) in [7, 11) is 0. The van der Waals surface area contributed by atoms with E-state index in [2.05, 4.69) is 6.92 Å². The van der Waals surface area contributed by atoms with E-state index < -0.39 is 5.41 Å². The molecule has 1 unspecified atom stereocenters. The van der Waals surface area contributed by atoms with Crippen molar-refractivity contribution in [1.29, 1.82) is 0 Å². The summed E-state index contributed by atoms with van der Waals surface area (Å²) in [4.78, 5) is 0. The summed E-state index contributed by atoms with van der Waals surface area (Å²) in [5, 5.41) is 27.8. The molecular formula is C11H24O3. The molecule has 0 rings (SSSR count). The Hall–Kier alpha value is -0.120. The topological polar surface area (TPSA) is 60.7 Å². The van der Waals surface area contributed by atoms with E-state index in [1.807, 2.05) is 6.92 Å². The highest BCUT2D eigenvalue weighted by Gasteiger charge is 2.35. The number of hydrogen-bond donors (Lipinski definition) is 3. The zero-order valence-corrected chi connectivity index (χ0v) is 9.37. The molecule has 3 nitrogen and oxygen atoms in total. The molecule has 0 radical (unpaired) electrons. The van der Waals surface area contributed by atoms with Gasteiger partial charge in [0.25, 0.3) is 0 Å². The largest absolute Gasteiger partial charge is 0.396 e. The second kappa shape index (κ2) is 7.21. The summed E-state index contributed by atoms with van der Waals surface area (Å²) in [6.07, 6.45) is 4.05. The van der Waals surface area contributed by atoms with E-state index in [4.69, 9.17) is 0 Å². The minimum atomic E-state index is -0.691. The molecule has 0 aromatic rings. The summed E-state index contributed by atoms with van der Waals surface area (Å²) >= 11 is 0. The average Bonchev–Trinajstić information content (AvgIpc) is 2.25. The van der Waals surface area contributed by atoms with E-state index in [0.29, 0.717) is 0 Å². The maximum absolute atomic E-state index is 9.26. The number of aliphatic hydroxyl groups excluding tert-OH is 3. The average molecular weight is 204 g/mol. The molecule has 0 aromatic carbocycles. The van der Waals surface area contributed by atoms with E-state index in [-0.39, 0.29) is 25.7 Å². The Kier molecular flexibility index (Phi) is 7.15. The van der Waals surface area contributed by atoms with Crippen molar-refractivity contribution in [1.82, 2.24) is 0 Å². The van der Waals surface area contributed by atoms with Gasteiger partial charge in [0.15, 0.2) is 0 Å². The van der Waals surface area contributed by atoms with Crippen LogP contribution in [0.3, 0.4) is 0 Å². The third-order valence-corrected chi connectivity index (χ3v) is 3.21. The molecule has 3 N–H and O–H groups in total. The lowest BCUT2D eigenvalue weighted by Gasteiger charge is -2.36. The SMILES string of the molecule is CCCCC(CC)C(CO)(CO)CO. The van der Waals surface area contributed by atoms with Crippen LogP contribution in [-0.2, 0) is 0 Å². The number of rotatable bonds is 8. The molecule has 86 valence electrons. The number of aliphatic hydroxyl groups is 3. The minimum absolute atomic E-state index is 0.137. The van der Waals surface area contributed by atoms with Crippen LogP contribution in [0.4, 0.5) is 0 Å². The van der Waals surface area contributed by atoms with E-state index in [1.165, 1.54) is 0 Å². The van der Waals surface area contributed by atoms with Crippen molar-refractivity contribution in [3.05, 3.63) is 0 Å². The first-order valence-electron chi connectivity index (χ1n) is 5.53. The molecule has 0 saturated carbocycles. The molecule has 14 heavy (non-hydrogen) atoms. The van der Waals surface area contributed by atoms with Crippen LogP contribution >= 0.6 is 0 Å². The fourth-order valence-corrected chi connectivity index (χ4v) is 1.93. The van der Waals surface area contributed by atoms with Gasteiger partial charge in [-0.25, -0.2) is 0 Å². The van der Waals surface area contributed by atoms with Crippen LogP contribution in [0.1, 0.15) is 39.5 Å². The van der Waals surface area contributed by atoms with Gasteiger partial charge < -0.3 is 15.3 Å². The van der Waals surface area contributed by atoms with Gasteiger partial charge in [0.1, 0.15) is 0 Å². The molecule has 0 aliphatic rings. The fourth-order valence-electron chi connectivity index (χ4n) is 1.93. The maximum Gasteiger partial charge on any atom is 0.0534 e.